The lowest BCUT2D eigenvalue weighted by atomic mass is 10.1. The zero-order valence-corrected chi connectivity index (χ0v) is 6.80. The smallest absolute Gasteiger partial charge is 0.0120 e. The molecule has 1 aliphatic rings. The van der Waals surface area contributed by atoms with Crippen LogP contribution in [0.25, 0.3) is 0 Å². The van der Waals surface area contributed by atoms with E-state index in [-0.39, 0.29) is 0 Å². The van der Waals surface area contributed by atoms with E-state index >= 15 is 0 Å². The summed E-state index contributed by atoms with van der Waals surface area (Å²) in [6, 6.07) is 6.84. The Kier molecular flexibility index (Phi) is 1.46. The van der Waals surface area contributed by atoms with Gasteiger partial charge in [-0.1, -0.05) is 18.2 Å². The molecule has 0 saturated carbocycles. The van der Waals surface area contributed by atoms with E-state index in [4.69, 9.17) is 5.73 Å². The molecule has 0 bridgehead atoms. The average molecular weight is 147 g/mol. The minimum absolute atomic E-state index is 0.367. The van der Waals surface area contributed by atoms with Crippen molar-refractivity contribution in [3.05, 3.63) is 34.9 Å². The van der Waals surface area contributed by atoms with Crippen molar-refractivity contribution in [3.63, 3.8) is 0 Å². The molecular formula is C10H13N. The van der Waals surface area contributed by atoms with Gasteiger partial charge in [0.15, 0.2) is 0 Å². The van der Waals surface area contributed by atoms with Crippen molar-refractivity contribution in [2.24, 2.45) is 5.73 Å². The molecule has 0 radical (unpaired) electrons. The van der Waals surface area contributed by atoms with Crippen LogP contribution in [0, 0.1) is 6.92 Å². The molecule has 1 nitrogen and oxygen atoms in total. The van der Waals surface area contributed by atoms with Crippen LogP contribution in [0.15, 0.2) is 18.2 Å². The van der Waals surface area contributed by atoms with Crippen LogP contribution in [-0.2, 0) is 12.8 Å². The van der Waals surface area contributed by atoms with Crippen molar-refractivity contribution in [2.45, 2.75) is 25.8 Å². The first-order valence-corrected chi connectivity index (χ1v) is 4.10. The van der Waals surface area contributed by atoms with E-state index in [0.29, 0.717) is 6.04 Å². The summed E-state index contributed by atoms with van der Waals surface area (Å²) in [5.74, 6) is 0. The van der Waals surface area contributed by atoms with Gasteiger partial charge in [0.1, 0.15) is 0 Å². The van der Waals surface area contributed by atoms with E-state index in [1.807, 2.05) is 0 Å². The third-order valence-electron chi connectivity index (χ3n) is 2.46. The monoisotopic (exact) mass is 147 g/mol. The highest BCUT2D eigenvalue weighted by Gasteiger charge is 2.18. The first-order valence-electron chi connectivity index (χ1n) is 4.10. The molecule has 58 valence electrons. The predicted octanol–water partition coefficient (Wildman–Crippen LogP) is 1.42. The number of aryl methyl sites for hydroxylation is 1. The maximum Gasteiger partial charge on any atom is 0.0120 e. The molecule has 1 aromatic rings. The molecule has 1 aromatic carbocycles. The maximum absolute atomic E-state index is 5.85. The topological polar surface area (TPSA) is 26.0 Å². The fourth-order valence-corrected chi connectivity index (χ4v) is 1.86. The van der Waals surface area contributed by atoms with Crippen LogP contribution in [0.1, 0.15) is 16.7 Å². The number of benzene rings is 1. The highest BCUT2D eigenvalue weighted by atomic mass is 14.6. The zero-order chi connectivity index (χ0) is 7.84. The van der Waals surface area contributed by atoms with Crippen LogP contribution in [0.3, 0.4) is 0 Å². The van der Waals surface area contributed by atoms with E-state index in [0.717, 1.165) is 12.8 Å². The molecule has 1 unspecified atom stereocenters. The molecule has 0 spiro atoms. The fraction of sp³-hybridized carbons (Fsp3) is 0.400. The first-order chi connectivity index (χ1) is 5.27. The van der Waals surface area contributed by atoms with Crippen molar-refractivity contribution < 1.29 is 0 Å². The van der Waals surface area contributed by atoms with Crippen LogP contribution in [0.5, 0.6) is 0 Å². The van der Waals surface area contributed by atoms with Gasteiger partial charge in [0.05, 0.1) is 0 Å². The van der Waals surface area contributed by atoms with Crippen LogP contribution in [0.4, 0.5) is 0 Å². The third kappa shape index (κ3) is 1.05. The predicted molar refractivity (Wildman–Crippen MR) is 46.6 cm³/mol. The molecule has 11 heavy (non-hydrogen) atoms. The summed E-state index contributed by atoms with van der Waals surface area (Å²) in [6.07, 6.45) is 2.14. The summed E-state index contributed by atoms with van der Waals surface area (Å²) < 4.78 is 0. The summed E-state index contributed by atoms with van der Waals surface area (Å²) in [7, 11) is 0. The SMILES string of the molecule is Cc1cccc2c1CC(N)C2. The Morgan fingerprint density at radius 2 is 2.18 bits per heavy atom. The second kappa shape index (κ2) is 2.35. The van der Waals surface area contributed by atoms with Gasteiger partial charge in [0, 0.05) is 6.04 Å². The molecule has 2 rings (SSSR count). The third-order valence-corrected chi connectivity index (χ3v) is 2.46. The fourth-order valence-electron chi connectivity index (χ4n) is 1.86. The Hall–Kier alpha value is -0.820. The van der Waals surface area contributed by atoms with Gasteiger partial charge in [-0.3, -0.25) is 0 Å². The largest absolute Gasteiger partial charge is 0.327 e. The van der Waals surface area contributed by atoms with Crippen molar-refractivity contribution >= 4 is 0 Å². The van der Waals surface area contributed by atoms with Gasteiger partial charge in [0.25, 0.3) is 0 Å². The second-order valence-corrected chi connectivity index (χ2v) is 3.38. The lowest BCUT2D eigenvalue weighted by Gasteiger charge is -2.00. The van der Waals surface area contributed by atoms with Gasteiger partial charge >= 0.3 is 0 Å². The molecule has 1 heteroatoms. The number of hydrogen-bond donors (Lipinski definition) is 1. The highest BCUT2D eigenvalue weighted by Crippen LogP contribution is 2.23. The highest BCUT2D eigenvalue weighted by molar-refractivity contribution is 5.39. The standard InChI is InChI=1S/C10H13N/c1-7-3-2-4-8-5-9(11)6-10(7)8/h2-4,9H,5-6,11H2,1H3. The Balaban J connectivity index is 2.49. The zero-order valence-electron chi connectivity index (χ0n) is 6.80. The summed E-state index contributed by atoms with van der Waals surface area (Å²) in [5, 5.41) is 0. The minimum atomic E-state index is 0.367. The molecule has 0 aromatic heterocycles. The Morgan fingerprint density at radius 1 is 1.36 bits per heavy atom. The van der Waals surface area contributed by atoms with Crippen molar-refractivity contribution in [1.82, 2.24) is 0 Å². The Morgan fingerprint density at radius 3 is 2.91 bits per heavy atom. The lowest BCUT2D eigenvalue weighted by Crippen LogP contribution is -2.19. The van der Waals surface area contributed by atoms with Crippen LogP contribution in [0.2, 0.25) is 0 Å². The van der Waals surface area contributed by atoms with Crippen LogP contribution < -0.4 is 5.73 Å². The normalized spacial score (nSPS) is 21.8. The van der Waals surface area contributed by atoms with E-state index < -0.39 is 0 Å². The quantitative estimate of drug-likeness (QED) is 0.590. The maximum atomic E-state index is 5.85. The molecule has 0 aliphatic heterocycles. The molecule has 0 saturated heterocycles. The summed E-state index contributed by atoms with van der Waals surface area (Å²) >= 11 is 0. The van der Waals surface area contributed by atoms with E-state index in [1.54, 1.807) is 0 Å². The lowest BCUT2D eigenvalue weighted by molar-refractivity contribution is 0.720. The summed E-state index contributed by atoms with van der Waals surface area (Å²) in [4.78, 5) is 0. The van der Waals surface area contributed by atoms with Crippen molar-refractivity contribution in [1.29, 1.82) is 0 Å². The molecule has 0 amide bonds. The van der Waals surface area contributed by atoms with E-state index in [9.17, 15) is 0 Å². The average Bonchev–Trinajstić information content (AvgIpc) is 2.31. The molecule has 0 fully saturated rings. The van der Waals surface area contributed by atoms with Gasteiger partial charge in [-0.15, -0.1) is 0 Å². The van der Waals surface area contributed by atoms with E-state index in [1.165, 1.54) is 16.7 Å². The van der Waals surface area contributed by atoms with Crippen molar-refractivity contribution in [2.75, 3.05) is 0 Å². The Bertz CT molecular complexity index is 278. The van der Waals surface area contributed by atoms with Gasteiger partial charge in [0.2, 0.25) is 0 Å². The molecule has 1 atom stereocenters. The second-order valence-electron chi connectivity index (χ2n) is 3.38. The van der Waals surface area contributed by atoms with E-state index in [2.05, 4.69) is 25.1 Å². The summed E-state index contributed by atoms with van der Waals surface area (Å²) in [5.41, 5.74) is 10.2. The first kappa shape index (κ1) is 6.86. The van der Waals surface area contributed by atoms with Gasteiger partial charge < -0.3 is 5.73 Å². The molecule has 1 aliphatic carbocycles. The number of nitrogens with two attached hydrogens (primary N) is 1. The Labute approximate surface area is 67.2 Å². The van der Waals surface area contributed by atoms with Gasteiger partial charge in [-0.05, 0) is 36.5 Å². The number of rotatable bonds is 0. The molecule has 2 N–H and O–H groups in total. The summed E-state index contributed by atoms with van der Waals surface area (Å²) in [6.45, 7) is 2.16. The number of hydrogen-bond acceptors (Lipinski definition) is 1. The molecule has 0 heterocycles. The molecular weight excluding hydrogens is 134 g/mol. The van der Waals surface area contributed by atoms with Crippen LogP contribution in [-0.4, -0.2) is 6.04 Å². The van der Waals surface area contributed by atoms with Gasteiger partial charge in [-0.25, -0.2) is 0 Å². The number of fused-ring (bicyclic) bond motifs is 1. The van der Waals surface area contributed by atoms with Crippen LogP contribution >= 0.6 is 0 Å². The minimum Gasteiger partial charge on any atom is -0.327 e. The van der Waals surface area contributed by atoms with Gasteiger partial charge in [-0.2, -0.15) is 0 Å². The van der Waals surface area contributed by atoms with Crippen molar-refractivity contribution in [3.8, 4) is 0 Å².